The Labute approximate surface area is 115 Å². The molecule has 2 rings (SSSR count). The van der Waals surface area contributed by atoms with Gasteiger partial charge in [-0.1, -0.05) is 11.6 Å². The lowest BCUT2D eigenvalue weighted by Crippen LogP contribution is -2.40. The van der Waals surface area contributed by atoms with E-state index in [0.29, 0.717) is 23.4 Å². The quantitative estimate of drug-likeness (QED) is 0.698. The second kappa shape index (κ2) is 5.28. The Kier molecular flexibility index (Phi) is 3.89. The summed E-state index contributed by atoms with van der Waals surface area (Å²) in [5.74, 6) is -1.30. The Bertz CT molecular complexity index is 512. The average Bonchev–Trinajstić information content (AvgIpc) is 2.71. The fraction of sp³-hybridized carbons (Fsp3) is 0.364. The Balaban J connectivity index is 2.37. The molecule has 3 N–H and O–H groups in total. The van der Waals surface area contributed by atoms with Crippen LogP contribution in [0.15, 0.2) is 12.1 Å². The van der Waals surface area contributed by atoms with E-state index in [4.69, 9.17) is 26.1 Å². The zero-order chi connectivity index (χ0) is 14.0. The van der Waals surface area contributed by atoms with Gasteiger partial charge in [0.05, 0.1) is 13.2 Å². The highest BCUT2D eigenvalue weighted by atomic mass is 35.5. The minimum Gasteiger partial charge on any atom is -0.494 e. The van der Waals surface area contributed by atoms with E-state index in [2.05, 4.69) is 5.32 Å². The summed E-state index contributed by atoms with van der Waals surface area (Å²) < 4.78 is 10.6. The number of benzene rings is 1. The summed E-state index contributed by atoms with van der Waals surface area (Å²) in [4.78, 5) is 10.5. The summed E-state index contributed by atoms with van der Waals surface area (Å²) in [6, 6.07) is 3.24. The Morgan fingerprint density at radius 1 is 1.63 bits per heavy atom. The van der Waals surface area contributed by atoms with E-state index >= 15 is 0 Å². The van der Waals surface area contributed by atoms with Gasteiger partial charge < -0.3 is 24.9 Å². The molecule has 1 atom stereocenters. The van der Waals surface area contributed by atoms with Crippen LogP contribution in [0.25, 0.3) is 0 Å². The van der Waals surface area contributed by atoms with Crippen LogP contribution < -0.4 is 15.5 Å². The van der Waals surface area contributed by atoms with Crippen molar-refractivity contribution in [3.05, 3.63) is 22.7 Å². The molecule has 0 spiro atoms. The number of ether oxygens (including phenoxy) is 1. The zero-order valence-electron chi connectivity index (χ0n) is 10.1. The van der Waals surface area contributed by atoms with E-state index in [0.717, 1.165) is 0 Å². The lowest BCUT2D eigenvalue weighted by atomic mass is 9.85. The molecule has 0 fully saturated rings. The van der Waals surface area contributed by atoms with Crippen molar-refractivity contribution in [2.75, 3.05) is 13.2 Å². The summed E-state index contributed by atoms with van der Waals surface area (Å²) >= 11 is 6.05. The highest BCUT2D eigenvalue weighted by Crippen LogP contribution is 2.34. The molecule has 1 radical (unpaired) electrons. The van der Waals surface area contributed by atoms with Gasteiger partial charge in [0.1, 0.15) is 5.75 Å². The van der Waals surface area contributed by atoms with Gasteiger partial charge in [-0.15, -0.1) is 0 Å². The molecule has 6 nitrogen and oxygen atoms in total. The second-order valence-electron chi connectivity index (χ2n) is 3.95. The molecule has 1 aromatic rings. The van der Waals surface area contributed by atoms with E-state index in [1.807, 2.05) is 6.92 Å². The second-order valence-corrected chi connectivity index (χ2v) is 4.35. The number of hydrogen-bond acceptors (Lipinski definition) is 4. The number of halogens is 1. The maximum absolute atomic E-state index is 10.5. The monoisotopic (exact) mass is 284 g/mol. The van der Waals surface area contributed by atoms with Crippen LogP contribution in [0.5, 0.6) is 5.75 Å². The molecular formula is C11H12BClNO5. The summed E-state index contributed by atoms with van der Waals surface area (Å²) in [6.45, 7) is 1.95. The molecule has 1 aliphatic heterocycles. The molecule has 1 unspecified atom stereocenters. The predicted octanol–water partition coefficient (Wildman–Crippen LogP) is 0.426. The standard InChI is InChI=1S/C11H12BClNO5/c1-2-18-7-4-3-6(13)8-9(7)12-19-11(8,17)5-14-10(15)16/h3-4,14,17H,2,5H2,1H3,(H,15,16). The van der Waals surface area contributed by atoms with Gasteiger partial charge in [-0.25, -0.2) is 4.79 Å². The van der Waals surface area contributed by atoms with Gasteiger partial charge in [-0.05, 0) is 24.5 Å². The van der Waals surface area contributed by atoms with Crippen LogP contribution in [0, 0.1) is 0 Å². The van der Waals surface area contributed by atoms with Crippen LogP contribution >= 0.6 is 11.6 Å². The van der Waals surface area contributed by atoms with Crippen LogP contribution in [0.1, 0.15) is 12.5 Å². The van der Waals surface area contributed by atoms with E-state index in [9.17, 15) is 9.90 Å². The summed E-state index contributed by atoms with van der Waals surface area (Å²) in [5, 5.41) is 21.3. The molecule has 0 bridgehead atoms. The maximum Gasteiger partial charge on any atom is 0.404 e. The molecule has 0 aromatic heterocycles. The first kappa shape index (κ1) is 14.0. The van der Waals surface area contributed by atoms with E-state index in [1.54, 1.807) is 12.1 Å². The molecule has 8 heteroatoms. The molecule has 0 saturated carbocycles. The normalized spacial score (nSPS) is 20.6. The summed E-state index contributed by atoms with van der Waals surface area (Å²) in [5.41, 5.74) is 0.818. The van der Waals surface area contributed by atoms with Crippen molar-refractivity contribution in [3.8, 4) is 5.75 Å². The number of carbonyl (C=O) groups is 1. The number of hydrogen-bond donors (Lipinski definition) is 3. The van der Waals surface area contributed by atoms with Crippen molar-refractivity contribution in [3.63, 3.8) is 0 Å². The largest absolute Gasteiger partial charge is 0.494 e. The molecule has 19 heavy (non-hydrogen) atoms. The van der Waals surface area contributed by atoms with Crippen molar-refractivity contribution < 1.29 is 24.4 Å². The van der Waals surface area contributed by atoms with Crippen molar-refractivity contribution in [2.24, 2.45) is 0 Å². The SMILES string of the molecule is CCOc1ccc(Cl)c2c1[B]OC2(O)CNC(=O)O. The average molecular weight is 284 g/mol. The molecule has 1 aromatic carbocycles. The van der Waals surface area contributed by atoms with Crippen LogP contribution in [-0.2, 0) is 10.4 Å². The lowest BCUT2D eigenvalue weighted by Gasteiger charge is -2.25. The van der Waals surface area contributed by atoms with Gasteiger partial charge >= 0.3 is 13.6 Å². The fourth-order valence-electron chi connectivity index (χ4n) is 1.91. The number of amides is 1. The lowest BCUT2D eigenvalue weighted by molar-refractivity contribution is -0.132. The number of aliphatic hydroxyl groups is 1. The fourth-order valence-corrected chi connectivity index (χ4v) is 2.22. The molecule has 1 amide bonds. The van der Waals surface area contributed by atoms with Gasteiger partial charge in [0.25, 0.3) is 0 Å². The molecular weight excluding hydrogens is 272 g/mol. The number of fused-ring (bicyclic) bond motifs is 1. The van der Waals surface area contributed by atoms with Crippen molar-refractivity contribution >= 4 is 30.6 Å². The van der Waals surface area contributed by atoms with Crippen molar-refractivity contribution in [1.29, 1.82) is 0 Å². The van der Waals surface area contributed by atoms with E-state index in [-0.39, 0.29) is 11.6 Å². The first-order valence-electron chi connectivity index (χ1n) is 5.64. The third-order valence-corrected chi connectivity index (χ3v) is 3.01. The molecule has 0 saturated heterocycles. The van der Waals surface area contributed by atoms with Gasteiger partial charge in [0.2, 0.25) is 0 Å². The highest BCUT2D eigenvalue weighted by molar-refractivity contribution is 6.52. The van der Waals surface area contributed by atoms with Crippen LogP contribution in [-0.4, -0.2) is 36.9 Å². The minimum atomic E-state index is -1.82. The summed E-state index contributed by atoms with van der Waals surface area (Å²) in [6.07, 6.45) is -1.26. The van der Waals surface area contributed by atoms with Crippen molar-refractivity contribution in [1.82, 2.24) is 5.32 Å². The third kappa shape index (κ3) is 2.63. The Morgan fingerprint density at radius 3 is 3.00 bits per heavy atom. The number of rotatable bonds is 4. The zero-order valence-corrected chi connectivity index (χ0v) is 10.9. The predicted molar refractivity (Wildman–Crippen MR) is 69.0 cm³/mol. The Morgan fingerprint density at radius 2 is 2.37 bits per heavy atom. The molecule has 1 aliphatic rings. The minimum absolute atomic E-state index is 0.280. The third-order valence-electron chi connectivity index (χ3n) is 2.70. The van der Waals surface area contributed by atoms with Crippen LogP contribution in [0.2, 0.25) is 5.02 Å². The number of nitrogens with one attached hydrogen (secondary N) is 1. The van der Waals surface area contributed by atoms with Crippen LogP contribution in [0.3, 0.4) is 0 Å². The van der Waals surface area contributed by atoms with E-state index in [1.165, 1.54) is 7.48 Å². The topological polar surface area (TPSA) is 88.0 Å². The maximum atomic E-state index is 10.5. The first-order chi connectivity index (χ1) is 8.98. The van der Waals surface area contributed by atoms with Gasteiger partial charge in [0, 0.05) is 10.6 Å². The number of carboxylic acid groups (broad SMARTS) is 1. The first-order valence-corrected chi connectivity index (χ1v) is 6.01. The van der Waals surface area contributed by atoms with E-state index < -0.39 is 11.9 Å². The van der Waals surface area contributed by atoms with Gasteiger partial charge in [-0.2, -0.15) is 0 Å². The molecule has 0 aliphatic carbocycles. The molecule has 101 valence electrons. The summed E-state index contributed by atoms with van der Waals surface area (Å²) in [7, 11) is 1.32. The van der Waals surface area contributed by atoms with Gasteiger partial charge in [0.15, 0.2) is 5.79 Å². The van der Waals surface area contributed by atoms with Gasteiger partial charge in [-0.3, -0.25) is 0 Å². The Hall–Kier alpha value is -1.44. The van der Waals surface area contributed by atoms with Crippen LogP contribution in [0.4, 0.5) is 4.79 Å². The van der Waals surface area contributed by atoms with Crippen molar-refractivity contribution in [2.45, 2.75) is 12.7 Å². The molecule has 1 heterocycles. The smallest absolute Gasteiger partial charge is 0.404 e. The highest BCUT2D eigenvalue weighted by Gasteiger charge is 2.42.